The standard InChI is InChI=1S/C18H28O3/c1-3-21-18(20)9-4-6-13(2)15-10-11-16-14(12-19)7-5-8-17(15)16/h4,9-10,13-14,16-17,19H,3,5-8,11-12H2,1-2H3/t13?,14-,16+,17-/m1/s1. The van der Waals surface area contributed by atoms with E-state index in [2.05, 4.69) is 13.0 Å². The molecule has 0 saturated heterocycles. The van der Waals surface area contributed by atoms with Crippen molar-refractivity contribution in [3.63, 3.8) is 0 Å². The van der Waals surface area contributed by atoms with Crippen LogP contribution in [0.15, 0.2) is 23.8 Å². The van der Waals surface area contributed by atoms with Crippen molar-refractivity contribution in [2.75, 3.05) is 13.2 Å². The van der Waals surface area contributed by atoms with E-state index in [1.165, 1.54) is 19.3 Å². The molecule has 0 bridgehead atoms. The summed E-state index contributed by atoms with van der Waals surface area (Å²) in [5.41, 5.74) is 1.55. The lowest BCUT2D eigenvalue weighted by atomic mass is 9.70. The smallest absolute Gasteiger partial charge is 0.330 e. The highest BCUT2D eigenvalue weighted by Gasteiger charge is 2.38. The topological polar surface area (TPSA) is 46.5 Å². The quantitative estimate of drug-likeness (QED) is 0.463. The Kier molecular flexibility index (Phi) is 6.04. The van der Waals surface area contributed by atoms with Gasteiger partial charge in [0.2, 0.25) is 0 Å². The van der Waals surface area contributed by atoms with Gasteiger partial charge in [-0.1, -0.05) is 31.1 Å². The molecule has 0 aromatic carbocycles. The summed E-state index contributed by atoms with van der Waals surface area (Å²) >= 11 is 0. The molecule has 118 valence electrons. The number of hydrogen-bond donors (Lipinski definition) is 1. The largest absolute Gasteiger partial charge is 0.463 e. The number of rotatable bonds is 6. The Bertz CT molecular complexity index is 411. The lowest BCUT2D eigenvalue weighted by molar-refractivity contribution is -0.137. The van der Waals surface area contributed by atoms with Crippen molar-refractivity contribution in [1.82, 2.24) is 0 Å². The molecule has 4 atom stereocenters. The molecule has 0 amide bonds. The van der Waals surface area contributed by atoms with Gasteiger partial charge in [-0.15, -0.1) is 0 Å². The fourth-order valence-electron chi connectivity index (χ4n) is 4.04. The summed E-state index contributed by atoms with van der Waals surface area (Å²) in [5, 5.41) is 9.53. The Morgan fingerprint density at radius 3 is 3.05 bits per heavy atom. The van der Waals surface area contributed by atoms with Gasteiger partial charge in [0, 0.05) is 12.7 Å². The molecule has 0 aliphatic heterocycles. The van der Waals surface area contributed by atoms with Gasteiger partial charge in [0.15, 0.2) is 0 Å². The van der Waals surface area contributed by atoms with Gasteiger partial charge < -0.3 is 9.84 Å². The van der Waals surface area contributed by atoms with Crippen LogP contribution in [-0.4, -0.2) is 24.3 Å². The number of allylic oxidation sites excluding steroid dienone is 3. The molecule has 1 N–H and O–H groups in total. The van der Waals surface area contributed by atoms with E-state index < -0.39 is 0 Å². The molecule has 2 aliphatic rings. The van der Waals surface area contributed by atoms with Crippen LogP contribution < -0.4 is 0 Å². The number of fused-ring (bicyclic) bond motifs is 1. The van der Waals surface area contributed by atoms with Gasteiger partial charge in [-0.25, -0.2) is 4.79 Å². The van der Waals surface area contributed by atoms with Gasteiger partial charge in [0.1, 0.15) is 0 Å². The number of aliphatic hydroxyl groups is 1. The van der Waals surface area contributed by atoms with Crippen molar-refractivity contribution < 1.29 is 14.6 Å². The summed E-state index contributed by atoms with van der Waals surface area (Å²) in [6, 6.07) is 0. The third-order valence-electron chi connectivity index (χ3n) is 5.10. The molecule has 0 aromatic heterocycles. The number of ether oxygens (including phenoxy) is 1. The molecule has 1 fully saturated rings. The van der Waals surface area contributed by atoms with Crippen LogP contribution in [0.2, 0.25) is 0 Å². The molecule has 0 aromatic rings. The second-order valence-electron chi connectivity index (χ2n) is 6.37. The van der Waals surface area contributed by atoms with Gasteiger partial charge in [-0.05, 0) is 56.3 Å². The highest BCUT2D eigenvalue weighted by molar-refractivity contribution is 5.81. The molecule has 2 aliphatic carbocycles. The van der Waals surface area contributed by atoms with E-state index in [0.717, 1.165) is 12.8 Å². The zero-order chi connectivity index (χ0) is 15.2. The van der Waals surface area contributed by atoms with Crippen LogP contribution in [0.1, 0.15) is 46.0 Å². The summed E-state index contributed by atoms with van der Waals surface area (Å²) in [6.45, 7) is 4.82. The van der Waals surface area contributed by atoms with E-state index in [1.54, 1.807) is 11.6 Å². The third-order valence-corrected chi connectivity index (χ3v) is 5.10. The Balaban J connectivity index is 1.88. The molecular formula is C18H28O3. The maximum atomic E-state index is 11.3. The first kappa shape index (κ1) is 16.3. The highest BCUT2D eigenvalue weighted by atomic mass is 16.5. The number of aliphatic hydroxyl groups excluding tert-OH is 1. The fraction of sp³-hybridized carbons (Fsp3) is 0.722. The number of esters is 1. The molecule has 0 heterocycles. The first-order valence-electron chi connectivity index (χ1n) is 8.31. The zero-order valence-electron chi connectivity index (χ0n) is 13.3. The lowest BCUT2D eigenvalue weighted by Crippen LogP contribution is -2.29. The Hall–Kier alpha value is -1.09. The molecule has 3 nitrogen and oxygen atoms in total. The lowest BCUT2D eigenvalue weighted by Gasteiger charge is -2.35. The predicted molar refractivity (Wildman–Crippen MR) is 83.7 cm³/mol. The predicted octanol–water partition coefficient (Wildman–Crippen LogP) is 3.49. The van der Waals surface area contributed by atoms with E-state index in [9.17, 15) is 9.90 Å². The minimum atomic E-state index is -0.249. The molecule has 0 radical (unpaired) electrons. The van der Waals surface area contributed by atoms with E-state index in [0.29, 0.717) is 36.9 Å². The molecule has 21 heavy (non-hydrogen) atoms. The van der Waals surface area contributed by atoms with Crippen molar-refractivity contribution in [3.05, 3.63) is 23.8 Å². The van der Waals surface area contributed by atoms with Crippen LogP contribution in [0.4, 0.5) is 0 Å². The fourth-order valence-corrected chi connectivity index (χ4v) is 4.04. The highest BCUT2D eigenvalue weighted by Crippen LogP contribution is 2.48. The van der Waals surface area contributed by atoms with Crippen molar-refractivity contribution in [2.45, 2.75) is 46.0 Å². The molecule has 0 spiro atoms. The third kappa shape index (κ3) is 3.97. The Morgan fingerprint density at radius 2 is 2.33 bits per heavy atom. The monoisotopic (exact) mass is 292 g/mol. The van der Waals surface area contributed by atoms with Gasteiger partial charge in [0.25, 0.3) is 0 Å². The summed E-state index contributed by atoms with van der Waals surface area (Å²) < 4.78 is 4.90. The van der Waals surface area contributed by atoms with Crippen LogP contribution in [0.25, 0.3) is 0 Å². The summed E-state index contributed by atoms with van der Waals surface area (Å²) in [6.07, 6.45) is 11.6. The van der Waals surface area contributed by atoms with Crippen molar-refractivity contribution in [2.24, 2.45) is 23.7 Å². The summed E-state index contributed by atoms with van der Waals surface area (Å²) in [5.74, 6) is 2.01. The molecule has 2 rings (SSSR count). The average molecular weight is 292 g/mol. The normalized spacial score (nSPS) is 30.0. The second kappa shape index (κ2) is 7.79. The van der Waals surface area contributed by atoms with Crippen LogP contribution >= 0.6 is 0 Å². The SMILES string of the molecule is CCOC(=O)C=CCC(C)C1=CC[C@H]2[C@@H](CO)CCC[C@H]12. The van der Waals surface area contributed by atoms with Gasteiger partial charge >= 0.3 is 5.97 Å². The molecule has 1 unspecified atom stereocenters. The Morgan fingerprint density at radius 1 is 1.52 bits per heavy atom. The second-order valence-corrected chi connectivity index (χ2v) is 6.37. The molecule has 1 saturated carbocycles. The first-order valence-corrected chi connectivity index (χ1v) is 8.31. The van der Waals surface area contributed by atoms with E-state index in [1.807, 2.05) is 13.0 Å². The van der Waals surface area contributed by atoms with Crippen LogP contribution in [0.3, 0.4) is 0 Å². The minimum absolute atomic E-state index is 0.249. The van der Waals surface area contributed by atoms with E-state index >= 15 is 0 Å². The summed E-state index contributed by atoms with van der Waals surface area (Å²) in [7, 11) is 0. The van der Waals surface area contributed by atoms with Gasteiger partial charge in [-0.3, -0.25) is 0 Å². The van der Waals surface area contributed by atoms with Crippen LogP contribution in [0, 0.1) is 23.7 Å². The van der Waals surface area contributed by atoms with Crippen molar-refractivity contribution in [3.8, 4) is 0 Å². The zero-order valence-corrected chi connectivity index (χ0v) is 13.3. The maximum Gasteiger partial charge on any atom is 0.330 e. The maximum absolute atomic E-state index is 11.3. The molecule has 3 heteroatoms. The van der Waals surface area contributed by atoms with Gasteiger partial charge in [-0.2, -0.15) is 0 Å². The van der Waals surface area contributed by atoms with Crippen molar-refractivity contribution >= 4 is 5.97 Å². The number of hydrogen-bond acceptors (Lipinski definition) is 3. The average Bonchev–Trinajstić information content (AvgIpc) is 2.91. The van der Waals surface area contributed by atoms with Crippen LogP contribution in [0.5, 0.6) is 0 Å². The first-order chi connectivity index (χ1) is 10.2. The van der Waals surface area contributed by atoms with E-state index in [-0.39, 0.29) is 5.97 Å². The van der Waals surface area contributed by atoms with Gasteiger partial charge in [0.05, 0.1) is 6.61 Å². The van der Waals surface area contributed by atoms with Crippen molar-refractivity contribution in [1.29, 1.82) is 0 Å². The minimum Gasteiger partial charge on any atom is -0.463 e. The number of carbonyl (C=O) groups is 1. The number of carbonyl (C=O) groups excluding carboxylic acids is 1. The Labute approximate surface area is 128 Å². The van der Waals surface area contributed by atoms with E-state index in [4.69, 9.17) is 4.74 Å². The molecular weight excluding hydrogens is 264 g/mol. The van der Waals surface area contributed by atoms with Crippen LogP contribution in [-0.2, 0) is 9.53 Å². The summed E-state index contributed by atoms with van der Waals surface area (Å²) in [4.78, 5) is 11.3.